The molecule has 0 aliphatic rings. The first-order valence-electron chi connectivity index (χ1n) is 10.1. The molecule has 154 valence electrons. The average Bonchev–Trinajstić information content (AvgIpc) is 3.35. The summed E-state index contributed by atoms with van der Waals surface area (Å²) in [6.45, 7) is 6.67. The van der Waals surface area contributed by atoms with E-state index in [-0.39, 0.29) is 5.82 Å². The van der Waals surface area contributed by atoms with Gasteiger partial charge in [-0.25, -0.2) is 9.07 Å². The second-order valence-corrected chi connectivity index (χ2v) is 7.62. The summed E-state index contributed by atoms with van der Waals surface area (Å²) in [4.78, 5) is 2.35. The number of rotatable bonds is 7. The Balaban J connectivity index is 1.68. The minimum absolute atomic E-state index is 0.245. The van der Waals surface area contributed by atoms with Crippen molar-refractivity contribution >= 4 is 0 Å². The SMILES string of the molecule is CCN(Cc1cnn(C)c1)Cc1cn(-c2ccc(C)cc2)nc1-c1ccc(F)cc1. The van der Waals surface area contributed by atoms with Crippen LogP contribution in [-0.2, 0) is 20.1 Å². The largest absolute Gasteiger partial charge is 0.295 e. The molecule has 0 radical (unpaired) electrons. The second-order valence-electron chi connectivity index (χ2n) is 7.62. The molecule has 0 atom stereocenters. The zero-order valence-corrected chi connectivity index (χ0v) is 17.6. The van der Waals surface area contributed by atoms with Gasteiger partial charge in [0.2, 0.25) is 0 Å². The molecule has 0 spiro atoms. The Bertz CT molecular complexity index is 1110. The highest BCUT2D eigenvalue weighted by atomic mass is 19.1. The molecule has 0 unspecified atom stereocenters. The molecule has 0 amide bonds. The van der Waals surface area contributed by atoms with Crippen LogP contribution in [0.1, 0.15) is 23.6 Å². The number of hydrogen-bond acceptors (Lipinski definition) is 3. The van der Waals surface area contributed by atoms with Gasteiger partial charge in [0.1, 0.15) is 5.82 Å². The van der Waals surface area contributed by atoms with Crippen LogP contribution in [0.4, 0.5) is 4.39 Å². The number of halogens is 1. The summed E-state index contributed by atoms with van der Waals surface area (Å²) in [6, 6.07) is 14.8. The molecule has 0 saturated heterocycles. The normalized spacial score (nSPS) is 11.4. The first kappa shape index (κ1) is 20.0. The molecule has 4 aromatic rings. The van der Waals surface area contributed by atoms with Gasteiger partial charge in [0.05, 0.1) is 17.6 Å². The maximum absolute atomic E-state index is 13.5. The second kappa shape index (κ2) is 8.63. The van der Waals surface area contributed by atoms with Crippen LogP contribution in [0.2, 0.25) is 0 Å². The van der Waals surface area contributed by atoms with E-state index in [0.29, 0.717) is 0 Å². The van der Waals surface area contributed by atoms with Crippen molar-refractivity contribution < 1.29 is 4.39 Å². The lowest BCUT2D eigenvalue weighted by molar-refractivity contribution is 0.271. The van der Waals surface area contributed by atoms with Gasteiger partial charge in [0.15, 0.2) is 0 Å². The quantitative estimate of drug-likeness (QED) is 0.447. The number of aromatic nitrogens is 4. The maximum atomic E-state index is 13.5. The fraction of sp³-hybridized carbons (Fsp3) is 0.250. The van der Waals surface area contributed by atoms with Crippen molar-refractivity contribution in [2.24, 2.45) is 7.05 Å². The first-order chi connectivity index (χ1) is 14.5. The highest BCUT2D eigenvalue weighted by Gasteiger charge is 2.16. The summed E-state index contributed by atoms with van der Waals surface area (Å²) < 4.78 is 17.2. The molecule has 2 aromatic heterocycles. The van der Waals surface area contributed by atoms with E-state index in [1.165, 1.54) is 23.3 Å². The number of benzene rings is 2. The lowest BCUT2D eigenvalue weighted by Gasteiger charge is -2.19. The van der Waals surface area contributed by atoms with Crippen molar-refractivity contribution in [2.45, 2.75) is 26.9 Å². The Morgan fingerprint density at radius 3 is 2.33 bits per heavy atom. The fourth-order valence-electron chi connectivity index (χ4n) is 3.54. The highest BCUT2D eigenvalue weighted by molar-refractivity contribution is 5.63. The van der Waals surface area contributed by atoms with Crippen LogP contribution in [0.5, 0.6) is 0 Å². The third-order valence-electron chi connectivity index (χ3n) is 5.21. The molecule has 2 heterocycles. The van der Waals surface area contributed by atoms with Gasteiger partial charge in [0, 0.05) is 49.2 Å². The van der Waals surface area contributed by atoms with Crippen LogP contribution in [0, 0.1) is 12.7 Å². The molecule has 4 rings (SSSR count). The smallest absolute Gasteiger partial charge is 0.123 e. The summed E-state index contributed by atoms with van der Waals surface area (Å²) in [7, 11) is 1.93. The number of nitrogens with zero attached hydrogens (tertiary/aromatic N) is 5. The summed E-state index contributed by atoms with van der Waals surface area (Å²) in [5, 5.41) is 9.13. The molecule has 0 fully saturated rings. The Morgan fingerprint density at radius 1 is 0.967 bits per heavy atom. The molecule has 30 heavy (non-hydrogen) atoms. The lowest BCUT2D eigenvalue weighted by atomic mass is 10.1. The zero-order valence-electron chi connectivity index (χ0n) is 17.6. The monoisotopic (exact) mass is 403 g/mol. The van der Waals surface area contributed by atoms with Crippen molar-refractivity contribution in [3.8, 4) is 16.9 Å². The number of hydrogen-bond donors (Lipinski definition) is 0. The van der Waals surface area contributed by atoms with E-state index >= 15 is 0 Å². The van der Waals surface area contributed by atoms with Crippen LogP contribution in [-0.4, -0.2) is 31.0 Å². The molecule has 0 bridgehead atoms. The van der Waals surface area contributed by atoms with Crippen molar-refractivity contribution in [1.82, 2.24) is 24.5 Å². The predicted octanol–water partition coefficient (Wildman–Crippen LogP) is 4.74. The minimum atomic E-state index is -0.245. The first-order valence-corrected chi connectivity index (χ1v) is 10.1. The van der Waals surface area contributed by atoms with Crippen LogP contribution in [0.3, 0.4) is 0 Å². The molecular weight excluding hydrogens is 377 g/mol. The van der Waals surface area contributed by atoms with E-state index in [0.717, 1.165) is 42.1 Å². The topological polar surface area (TPSA) is 38.9 Å². The van der Waals surface area contributed by atoms with E-state index in [9.17, 15) is 4.39 Å². The van der Waals surface area contributed by atoms with Crippen LogP contribution in [0.25, 0.3) is 16.9 Å². The van der Waals surface area contributed by atoms with Gasteiger partial charge < -0.3 is 0 Å². The maximum Gasteiger partial charge on any atom is 0.123 e. The molecular formula is C24H26FN5. The van der Waals surface area contributed by atoms with Gasteiger partial charge in [-0.05, 0) is 49.9 Å². The third-order valence-corrected chi connectivity index (χ3v) is 5.21. The molecule has 5 nitrogen and oxygen atoms in total. The van der Waals surface area contributed by atoms with Gasteiger partial charge >= 0.3 is 0 Å². The molecule has 0 N–H and O–H groups in total. The summed E-state index contributed by atoms with van der Waals surface area (Å²) in [6.07, 6.45) is 6.02. The Morgan fingerprint density at radius 2 is 1.70 bits per heavy atom. The van der Waals surface area contributed by atoms with Crippen LogP contribution in [0.15, 0.2) is 67.1 Å². The Kier molecular flexibility index (Phi) is 5.77. The van der Waals surface area contributed by atoms with Crippen molar-refractivity contribution in [1.29, 1.82) is 0 Å². The minimum Gasteiger partial charge on any atom is -0.295 e. The molecule has 2 aromatic carbocycles. The van der Waals surface area contributed by atoms with E-state index in [2.05, 4.69) is 54.3 Å². The van der Waals surface area contributed by atoms with Gasteiger partial charge in [-0.2, -0.15) is 10.2 Å². The van der Waals surface area contributed by atoms with E-state index in [1.54, 1.807) is 12.1 Å². The summed E-state index contributed by atoms with van der Waals surface area (Å²) in [5.41, 5.74) is 6.28. The molecule has 6 heteroatoms. The average molecular weight is 404 g/mol. The lowest BCUT2D eigenvalue weighted by Crippen LogP contribution is -2.22. The molecule has 0 aliphatic carbocycles. The number of aryl methyl sites for hydroxylation is 2. The van der Waals surface area contributed by atoms with E-state index < -0.39 is 0 Å². The summed E-state index contributed by atoms with van der Waals surface area (Å²) >= 11 is 0. The van der Waals surface area contributed by atoms with E-state index in [4.69, 9.17) is 5.10 Å². The Hall–Kier alpha value is -3.25. The van der Waals surface area contributed by atoms with Crippen LogP contribution < -0.4 is 0 Å². The standard InChI is InChI=1S/C24H26FN5/c1-4-29(15-19-13-26-28(3)14-19)16-21-17-30(23-11-5-18(2)6-12-23)27-24(21)20-7-9-22(25)10-8-20/h5-14,17H,4,15-16H2,1-3H3. The van der Waals surface area contributed by atoms with Crippen molar-refractivity contribution in [3.63, 3.8) is 0 Å². The zero-order chi connectivity index (χ0) is 21.1. The van der Waals surface area contributed by atoms with Crippen molar-refractivity contribution in [2.75, 3.05) is 6.54 Å². The summed E-state index contributed by atoms with van der Waals surface area (Å²) in [5.74, 6) is -0.245. The highest BCUT2D eigenvalue weighted by Crippen LogP contribution is 2.26. The predicted molar refractivity (Wildman–Crippen MR) is 117 cm³/mol. The van der Waals surface area contributed by atoms with Gasteiger partial charge in [-0.15, -0.1) is 0 Å². The Labute approximate surface area is 176 Å². The van der Waals surface area contributed by atoms with Crippen molar-refractivity contribution in [3.05, 3.63) is 89.6 Å². The van der Waals surface area contributed by atoms with E-state index in [1.807, 2.05) is 28.8 Å². The van der Waals surface area contributed by atoms with Gasteiger partial charge in [-0.1, -0.05) is 24.6 Å². The molecule has 0 saturated carbocycles. The fourth-order valence-corrected chi connectivity index (χ4v) is 3.54. The van der Waals surface area contributed by atoms with Crippen LogP contribution >= 0.6 is 0 Å². The van der Waals surface area contributed by atoms with Gasteiger partial charge in [-0.3, -0.25) is 9.58 Å². The third kappa shape index (κ3) is 4.49. The van der Waals surface area contributed by atoms with Gasteiger partial charge in [0.25, 0.3) is 0 Å². The molecule has 0 aliphatic heterocycles.